The molecule has 2 heterocycles. The van der Waals surface area contributed by atoms with E-state index in [9.17, 15) is 9.59 Å². The SMILES string of the molecule is CN(C)C/C=C/C(=O)N1CCN(c2nc(-c3ccc(Oc4ccccc4)cc3)c(C(N)=O)s2)CC1. The third kappa shape index (κ3) is 6.26. The molecule has 3 aromatic rings. The predicted molar refractivity (Wildman–Crippen MR) is 139 cm³/mol. The first-order chi connectivity index (χ1) is 16.9. The lowest BCUT2D eigenvalue weighted by Crippen LogP contribution is -2.48. The molecule has 0 aliphatic carbocycles. The number of thiazole rings is 1. The van der Waals surface area contributed by atoms with Gasteiger partial charge in [0.05, 0.1) is 5.69 Å². The largest absolute Gasteiger partial charge is 0.457 e. The molecule has 35 heavy (non-hydrogen) atoms. The number of amides is 2. The van der Waals surface area contributed by atoms with Crippen LogP contribution in [-0.2, 0) is 4.79 Å². The Labute approximate surface area is 209 Å². The molecule has 1 aliphatic rings. The normalized spacial score (nSPS) is 14.0. The van der Waals surface area contributed by atoms with E-state index in [2.05, 4.69) is 4.90 Å². The van der Waals surface area contributed by atoms with Crippen molar-refractivity contribution < 1.29 is 14.3 Å². The molecule has 1 fully saturated rings. The van der Waals surface area contributed by atoms with Gasteiger partial charge in [-0.1, -0.05) is 35.6 Å². The molecule has 1 aromatic heterocycles. The summed E-state index contributed by atoms with van der Waals surface area (Å²) in [5.41, 5.74) is 7.04. The Morgan fingerprint density at radius 1 is 1.03 bits per heavy atom. The van der Waals surface area contributed by atoms with Crippen molar-refractivity contribution in [1.82, 2.24) is 14.8 Å². The van der Waals surface area contributed by atoms with E-state index < -0.39 is 5.91 Å². The minimum atomic E-state index is -0.506. The number of likely N-dealkylation sites (N-methyl/N-ethyl adjacent to an activating group) is 1. The Morgan fingerprint density at radius 2 is 1.69 bits per heavy atom. The Kier molecular flexibility index (Phi) is 7.79. The van der Waals surface area contributed by atoms with Crippen molar-refractivity contribution >= 4 is 28.3 Å². The number of anilines is 1. The summed E-state index contributed by atoms with van der Waals surface area (Å²) in [6.45, 7) is 3.20. The van der Waals surface area contributed by atoms with Crippen LogP contribution in [0.1, 0.15) is 9.67 Å². The molecule has 9 heteroatoms. The van der Waals surface area contributed by atoms with E-state index in [4.69, 9.17) is 15.5 Å². The standard InChI is InChI=1S/C26H29N5O3S/c1-29(2)14-6-9-22(32)30-15-17-31(18-16-30)26-28-23(24(35-26)25(27)33)19-10-12-21(13-11-19)34-20-7-4-3-5-8-20/h3-13H,14-18H2,1-2H3,(H2,27,33)/b9-6+. The number of para-hydroxylation sites is 1. The first-order valence-corrected chi connectivity index (χ1v) is 12.2. The van der Waals surface area contributed by atoms with Crippen LogP contribution in [-0.4, -0.2) is 73.4 Å². The zero-order valence-corrected chi connectivity index (χ0v) is 20.7. The summed E-state index contributed by atoms with van der Waals surface area (Å²) in [5.74, 6) is 0.950. The molecule has 0 bridgehead atoms. The molecular formula is C26H29N5O3S. The number of benzene rings is 2. The van der Waals surface area contributed by atoms with Gasteiger partial charge in [0.15, 0.2) is 5.13 Å². The summed E-state index contributed by atoms with van der Waals surface area (Å²) >= 11 is 1.29. The van der Waals surface area contributed by atoms with Crippen LogP contribution < -0.4 is 15.4 Å². The van der Waals surface area contributed by atoms with E-state index in [1.807, 2.05) is 84.6 Å². The molecule has 0 spiro atoms. The van der Waals surface area contributed by atoms with Gasteiger partial charge in [-0.2, -0.15) is 0 Å². The van der Waals surface area contributed by atoms with Gasteiger partial charge >= 0.3 is 0 Å². The second kappa shape index (κ2) is 11.2. The van der Waals surface area contributed by atoms with Gasteiger partial charge in [-0.05, 0) is 50.5 Å². The summed E-state index contributed by atoms with van der Waals surface area (Å²) in [6, 6.07) is 17.0. The topological polar surface area (TPSA) is 92.0 Å². The highest BCUT2D eigenvalue weighted by atomic mass is 32.1. The number of carbonyl (C=O) groups is 2. The number of nitrogens with two attached hydrogens (primary N) is 1. The maximum Gasteiger partial charge on any atom is 0.261 e. The second-order valence-corrected chi connectivity index (χ2v) is 9.43. The lowest BCUT2D eigenvalue weighted by atomic mass is 10.1. The zero-order chi connectivity index (χ0) is 24.8. The van der Waals surface area contributed by atoms with Crippen LogP contribution in [0.25, 0.3) is 11.3 Å². The molecular weight excluding hydrogens is 462 g/mol. The predicted octanol–water partition coefficient (Wildman–Crippen LogP) is 3.47. The van der Waals surface area contributed by atoms with Crippen LogP contribution in [0.5, 0.6) is 11.5 Å². The van der Waals surface area contributed by atoms with Gasteiger partial charge in [0, 0.05) is 44.4 Å². The highest BCUT2D eigenvalue weighted by Gasteiger charge is 2.25. The average molecular weight is 492 g/mol. The van der Waals surface area contributed by atoms with Crippen molar-refractivity contribution in [1.29, 1.82) is 0 Å². The van der Waals surface area contributed by atoms with E-state index in [0.29, 0.717) is 42.5 Å². The number of primary amides is 1. The first kappa shape index (κ1) is 24.4. The molecule has 4 rings (SSSR count). The van der Waals surface area contributed by atoms with Crippen LogP contribution in [0.4, 0.5) is 5.13 Å². The quantitative estimate of drug-likeness (QED) is 0.485. The fourth-order valence-corrected chi connectivity index (χ4v) is 4.69. The van der Waals surface area contributed by atoms with Crippen molar-refractivity contribution in [2.24, 2.45) is 5.73 Å². The summed E-state index contributed by atoms with van der Waals surface area (Å²) in [4.78, 5) is 35.7. The van der Waals surface area contributed by atoms with Gasteiger partial charge in [0.1, 0.15) is 16.4 Å². The molecule has 8 nitrogen and oxygen atoms in total. The summed E-state index contributed by atoms with van der Waals surface area (Å²) in [5, 5.41) is 0.730. The van der Waals surface area contributed by atoms with Gasteiger partial charge in [0.25, 0.3) is 5.91 Å². The van der Waals surface area contributed by atoms with Gasteiger partial charge in [-0.3, -0.25) is 9.59 Å². The van der Waals surface area contributed by atoms with Gasteiger partial charge < -0.3 is 25.2 Å². The number of ether oxygens (including phenoxy) is 1. The third-order valence-corrected chi connectivity index (χ3v) is 6.67. The first-order valence-electron chi connectivity index (χ1n) is 11.4. The van der Waals surface area contributed by atoms with E-state index in [1.54, 1.807) is 6.08 Å². The Balaban J connectivity index is 1.44. The lowest BCUT2D eigenvalue weighted by Gasteiger charge is -2.34. The molecule has 2 N–H and O–H groups in total. The maximum atomic E-state index is 12.4. The monoisotopic (exact) mass is 491 g/mol. The van der Waals surface area contributed by atoms with Crippen molar-refractivity contribution in [2.45, 2.75) is 0 Å². The van der Waals surface area contributed by atoms with Crippen molar-refractivity contribution in [3.63, 3.8) is 0 Å². The fraction of sp³-hybridized carbons (Fsp3) is 0.269. The Hall–Kier alpha value is -3.69. The number of aromatic nitrogens is 1. The molecule has 0 radical (unpaired) electrons. The summed E-state index contributed by atoms with van der Waals surface area (Å²) in [7, 11) is 3.92. The van der Waals surface area contributed by atoms with Crippen molar-refractivity contribution in [3.8, 4) is 22.8 Å². The maximum absolute atomic E-state index is 12.4. The number of hydrogen-bond acceptors (Lipinski definition) is 7. The van der Waals surface area contributed by atoms with Gasteiger partial charge in [-0.15, -0.1) is 0 Å². The fourth-order valence-electron chi connectivity index (χ4n) is 3.70. The Morgan fingerprint density at radius 3 is 2.31 bits per heavy atom. The number of nitrogens with zero attached hydrogens (tertiary/aromatic N) is 4. The molecule has 2 amide bonds. The lowest BCUT2D eigenvalue weighted by molar-refractivity contribution is -0.126. The van der Waals surface area contributed by atoms with E-state index in [1.165, 1.54) is 11.3 Å². The molecule has 0 saturated carbocycles. The smallest absolute Gasteiger partial charge is 0.261 e. The van der Waals surface area contributed by atoms with Gasteiger partial charge in [-0.25, -0.2) is 4.98 Å². The second-order valence-electron chi connectivity index (χ2n) is 8.45. The Bertz CT molecular complexity index is 1180. The highest BCUT2D eigenvalue weighted by molar-refractivity contribution is 7.18. The van der Waals surface area contributed by atoms with Crippen molar-refractivity contribution in [3.05, 3.63) is 71.6 Å². The minimum absolute atomic E-state index is 0.0157. The van der Waals surface area contributed by atoms with E-state index in [0.717, 1.165) is 23.0 Å². The molecule has 1 saturated heterocycles. The van der Waals surface area contributed by atoms with Crippen LogP contribution in [0, 0.1) is 0 Å². The van der Waals surface area contributed by atoms with E-state index in [-0.39, 0.29) is 5.91 Å². The number of piperazine rings is 1. The zero-order valence-electron chi connectivity index (χ0n) is 19.9. The average Bonchev–Trinajstić information content (AvgIpc) is 3.31. The van der Waals surface area contributed by atoms with Crippen LogP contribution in [0.3, 0.4) is 0 Å². The molecule has 182 valence electrons. The summed E-state index contributed by atoms with van der Waals surface area (Å²) in [6.07, 6.45) is 3.50. The third-order valence-electron chi connectivity index (χ3n) is 5.54. The van der Waals surface area contributed by atoms with Crippen LogP contribution in [0.2, 0.25) is 0 Å². The van der Waals surface area contributed by atoms with Crippen molar-refractivity contribution in [2.75, 3.05) is 51.7 Å². The summed E-state index contributed by atoms with van der Waals surface area (Å²) < 4.78 is 5.86. The van der Waals surface area contributed by atoms with Crippen LogP contribution in [0.15, 0.2) is 66.7 Å². The molecule has 2 aromatic carbocycles. The van der Waals surface area contributed by atoms with Gasteiger partial charge in [0.2, 0.25) is 5.91 Å². The number of carbonyl (C=O) groups excluding carboxylic acids is 2. The van der Waals surface area contributed by atoms with E-state index >= 15 is 0 Å². The minimum Gasteiger partial charge on any atom is -0.457 e. The highest BCUT2D eigenvalue weighted by Crippen LogP contribution is 2.34. The molecule has 1 aliphatic heterocycles. The molecule has 0 unspecified atom stereocenters. The van der Waals surface area contributed by atoms with Crippen LogP contribution >= 0.6 is 11.3 Å². The number of rotatable bonds is 8. The molecule has 0 atom stereocenters. The number of hydrogen-bond donors (Lipinski definition) is 1.